The molecule has 1 aromatic rings. The van der Waals surface area contributed by atoms with E-state index in [0.29, 0.717) is 0 Å². The van der Waals surface area contributed by atoms with Gasteiger partial charge in [0, 0.05) is 35.9 Å². The Morgan fingerprint density at radius 3 is 1.58 bits per heavy atom. The minimum atomic E-state index is 0.944. The van der Waals surface area contributed by atoms with Crippen LogP contribution in [0.25, 0.3) is 0 Å². The number of nitrogens with zero attached hydrogens (tertiary/aromatic N) is 2. The van der Waals surface area contributed by atoms with Crippen molar-refractivity contribution in [2.75, 3.05) is 10.7 Å². The molecule has 2 nitrogen and oxygen atoms in total. The van der Waals surface area contributed by atoms with Crippen molar-refractivity contribution in [2.45, 2.75) is 12.8 Å². The van der Waals surface area contributed by atoms with Crippen LogP contribution in [0.3, 0.4) is 0 Å². The van der Waals surface area contributed by atoms with Crippen LogP contribution in [0.4, 0.5) is 0 Å². The quantitative estimate of drug-likeness (QED) is 0.797. The number of halogens is 2. The molecular weight excluding hydrogens is 284 g/mol. The molecular formula is C8H10Br2N2. The maximum atomic E-state index is 4.27. The molecule has 12 heavy (non-hydrogen) atoms. The van der Waals surface area contributed by atoms with Gasteiger partial charge in [0.05, 0.1) is 11.4 Å². The molecule has 0 aromatic carbocycles. The first kappa shape index (κ1) is 10.1. The van der Waals surface area contributed by atoms with E-state index in [4.69, 9.17) is 0 Å². The molecule has 0 spiro atoms. The fourth-order valence-corrected chi connectivity index (χ4v) is 1.65. The number of aryl methyl sites for hydroxylation is 2. The molecule has 66 valence electrons. The third kappa shape index (κ3) is 3.19. The van der Waals surface area contributed by atoms with Gasteiger partial charge in [0.1, 0.15) is 0 Å². The third-order valence-electron chi connectivity index (χ3n) is 1.46. The zero-order valence-electron chi connectivity index (χ0n) is 6.63. The van der Waals surface area contributed by atoms with Crippen LogP contribution >= 0.6 is 31.9 Å². The number of aromatic nitrogens is 2. The lowest BCUT2D eigenvalue weighted by molar-refractivity contribution is 0.949. The van der Waals surface area contributed by atoms with Gasteiger partial charge in [-0.15, -0.1) is 0 Å². The Kier molecular flexibility index (Phi) is 4.76. The molecule has 4 heteroatoms. The highest BCUT2D eigenvalue weighted by molar-refractivity contribution is 9.09. The van der Waals surface area contributed by atoms with Crippen LogP contribution in [0.2, 0.25) is 0 Å². The van der Waals surface area contributed by atoms with Gasteiger partial charge < -0.3 is 0 Å². The fourth-order valence-electron chi connectivity index (χ4n) is 0.833. The first-order valence-electron chi connectivity index (χ1n) is 3.78. The van der Waals surface area contributed by atoms with Crippen LogP contribution in [0, 0.1) is 0 Å². The molecule has 0 aliphatic heterocycles. The number of rotatable bonds is 4. The molecule has 0 N–H and O–H groups in total. The van der Waals surface area contributed by atoms with Gasteiger partial charge >= 0.3 is 0 Å². The summed E-state index contributed by atoms with van der Waals surface area (Å²) in [6.07, 6.45) is 5.59. The predicted molar refractivity (Wildman–Crippen MR) is 57.0 cm³/mol. The Balaban J connectivity index is 2.58. The Hall–Kier alpha value is 0.0400. The number of hydrogen-bond donors (Lipinski definition) is 0. The Labute approximate surface area is 89.1 Å². The molecule has 0 saturated heterocycles. The highest BCUT2D eigenvalue weighted by Gasteiger charge is 1.95. The summed E-state index contributed by atoms with van der Waals surface area (Å²) in [5, 5.41) is 1.89. The van der Waals surface area contributed by atoms with Crippen molar-refractivity contribution >= 4 is 31.9 Å². The van der Waals surface area contributed by atoms with Gasteiger partial charge in [-0.2, -0.15) is 0 Å². The van der Waals surface area contributed by atoms with Crippen LogP contribution < -0.4 is 0 Å². The van der Waals surface area contributed by atoms with E-state index in [0.717, 1.165) is 34.9 Å². The summed E-state index contributed by atoms with van der Waals surface area (Å²) in [6.45, 7) is 0. The highest BCUT2D eigenvalue weighted by atomic mass is 79.9. The van der Waals surface area contributed by atoms with Gasteiger partial charge in [0.2, 0.25) is 0 Å². The largest absolute Gasteiger partial charge is 0.258 e. The third-order valence-corrected chi connectivity index (χ3v) is 2.25. The minimum Gasteiger partial charge on any atom is -0.258 e. The number of hydrogen-bond acceptors (Lipinski definition) is 2. The van der Waals surface area contributed by atoms with Crippen molar-refractivity contribution in [1.82, 2.24) is 9.97 Å². The molecule has 1 rings (SSSR count). The summed E-state index contributed by atoms with van der Waals surface area (Å²) in [6, 6.07) is 0. The summed E-state index contributed by atoms with van der Waals surface area (Å²) in [4.78, 5) is 8.55. The Morgan fingerprint density at radius 2 is 1.33 bits per heavy atom. The van der Waals surface area contributed by atoms with Crippen molar-refractivity contribution < 1.29 is 0 Å². The molecule has 0 aliphatic carbocycles. The van der Waals surface area contributed by atoms with E-state index in [-0.39, 0.29) is 0 Å². The van der Waals surface area contributed by atoms with E-state index in [2.05, 4.69) is 41.8 Å². The molecule has 0 unspecified atom stereocenters. The van der Waals surface area contributed by atoms with Crippen LogP contribution in [0.5, 0.6) is 0 Å². The summed E-state index contributed by atoms with van der Waals surface area (Å²) >= 11 is 6.72. The van der Waals surface area contributed by atoms with Crippen LogP contribution in [-0.4, -0.2) is 20.6 Å². The average Bonchev–Trinajstić information content (AvgIpc) is 2.09. The van der Waals surface area contributed by atoms with E-state index in [1.165, 1.54) is 0 Å². The van der Waals surface area contributed by atoms with Crippen LogP contribution in [-0.2, 0) is 12.8 Å². The smallest absolute Gasteiger partial charge is 0.0595 e. The highest BCUT2D eigenvalue weighted by Crippen LogP contribution is 2.00. The lowest BCUT2D eigenvalue weighted by Crippen LogP contribution is -1.97. The molecule has 0 atom stereocenters. The first-order valence-corrected chi connectivity index (χ1v) is 6.03. The van der Waals surface area contributed by atoms with Gasteiger partial charge in [-0.3, -0.25) is 9.97 Å². The maximum Gasteiger partial charge on any atom is 0.0595 e. The lowest BCUT2D eigenvalue weighted by Gasteiger charge is -1.98. The second-order valence-electron chi connectivity index (χ2n) is 2.38. The Bertz CT molecular complexity index is 198. The van der Waals surface area contributed by atoms with Crippen LogP contribution in [0.15, 0.2) is 12.4 Å². The average molecular weight is 294 g/mol. The summed E-state index contributed by atoms with van der Waals surface area (Å²) in [5.74, 6) is 0. The molecule has 1 aromatic heterocycles. The number of alkyl halides is 2. The molecule has 0 fully saturated rings. The second kappa shape index (κ2) is 5.65. The summed E-state index contributed by atoms with van der Waals surface area (Å²) < 4.78 is 0. The van der Waals surface area contributed by atoms with E-state index in [9.17, 15) is 0 Å². The topological polar surface area (TPSA) is 25.8 Å². The Morgan fingerprint density at radius 1 is 0.917 bits per heavy atom. The summed E-state index contributed by atoms with van der Waals surface area (Å²) in [7, 11) is 0. The molecule has 1 heterocycles. The zero-order valence-corrected chi connectivity index (χ0v) is 9.81. The monoisotopic (exact) mass is 292 g/mol. The van der Waals surface area contributed by atoms with Crippen LogP contribution in [0.1, 0.15) is 11.4 Å². The van der Waals surface area contributed by atoms with Crippen molar-refractivity contribution in [3.63, 3.8) is 0 Å². The first-order chi connectivity index (χ1) is 5.86. The predicted octanol–water partition coefficient (Wildman–Crippen LogP) is 2.35. The summed E-state index contributed by atoms with van der Waals surface area (Å²) in [5.41, 5.74) is 2.09. The van der Waals surface area contributed by atoms with Crippen molar-refractivity contribution in [2.24, 2.45) is 0 Å². The van der Waals surface area contributed by atoms with Gasteiger partial charge in [-0.1, -0.05) is 31.9 Å². The second-order valence-corrected chi connectivity index (χ2v) is 3.96. The maximum absolute atomic E-state index is 4.27. The van der Waals surface area contributed by atoms with E-state index in [1.54, 1.807) is 0 Å². The fraction of sp³-hybridized carbons (Fsp3) is 0.500. The van der Waals surface area contributed by atoms with Crippen molar-refractivity contribution in [3.8, 4) is 0 Å². The SMILES string of the molecule is BrCCc1cnc(CCBr)cn1. The van der Waals surface area contributed by atoms with Crippen molar-refractivity contribution in [1.29, 1.82) is 0 Å². The molecule has 0 radical (unpaired) electrons. The minimum absolute atomic E-state index is 0.944. The van der Waals surface area contributed by atoms with E-state index < -0.39 is 0 Å². The molecule has 0 amide bonds. The van der Waals surface area contributed by atoms with Gasteiger partial charge in [-0.05, 0) is 0 Å². The van der Waals surface area contributed by atoms with E-state index >= 15 is 0 Å². The standard InChI is InChI=1S/C8H10Br2N2/c9-3-1-7-5-12-8(2-4-10)6-11-7/h5-6H,1-4H2. The van der Waals surface area contributed by atoms with Gasteiger partial charge in [-0.25, -0.2) is 0 Å². The van der Waals surface area contributed by atoms with Gasteiger partial charge in [0.15, 0.2) is 0 Å². The molecule has 0 bridgehead atoms. The molecule has 0 saturated carbocycles. The zero-order chi connectivity index (χ0) is 8.81. The lowest BCUT2D eigenvalue weighted by atomic mass is 10.3. The molecule has 0 aliphatic rings. The van der Waals surface area contributed by atoms with E-state index in [1.807, 2.05) is 12.4 Å². The van der Waals surface area contributed by atoms with Gasteiger partial charge in [0.25, 0.3) is 0 Å². The van der Waals surface area contributed by atoms with Crippen molar-refractivity contribution in [3.05, 3.63) is 23.8 Å². The normalized spacial score (nSPS) is 10.2.